The van der Waals surface area contributed by atoms with Gasteiger partial charge in [0.05, 0.1) is 6.61 Å². The molecule has 0 aromatic carbocycles. The topological polar surface area (TPSA) is 24.5 Å². The lowest BCUT2D eigenvalue weighted by Crippen LogP contribution is -2.36. The number of ether oxygens (including phenoxy) is 1. The van der Waals surface area contributed by atoms with Crippen LogP contribution >= 0.6 is 12.4 Å². The van der Waals surface area contributed by atoms with Gasteiger partial charge in [-0.15, -0.1) is 12.4 Å². The van der Waals surface area contributed by atoms with Crippen molar-refractivity contribution in [1.29, 1.82) is 0 Å². The van der Waals surface area contributed by atoms with Crippen LogP contribution < -0.4 is 5.32 Å². The molecule has 2 heterocycles. The molecule has 0 saturated carbocycles. The van der Waals surface area contributed by atoms with E-state index in [-0.39, 0.29) is 12.4 Å². The van der Waals surface area contributed by atoms with Gasteiger partial charge in [-0.3, -0.25) is 0 Å². The Morgan fingerprint density at radius 3 is 2.88 bits per heavy atom. The van der Waals surface area contributed by atoms with Crippen LogP contribution in [0, 0.1) is 5.92 Å². The van der Waals surface area contributed by atoms with Gasteiger partial charge in [0.15, 0.2) is 0 Å². The molecule has 2 unspecified atom stereocenters. The normalized spacial score (nSPS) is 31.1. The zero-order valence-corrected chi connectivity index (χ0v) is 11.1. The van der Waals surface area contributed by atoms with Crippen molar-refractivity contribution in [3.8, 4) is 0 Å². The summed E-state index contributed by atoms with van der Waals surface area (Å²) >= 11 is 0. The standard InChI is InChI=1S/C12H24N2O.ClH/c1-14(9-11-5-8-15-10-11)12-3-2-6-13-7-4-12;/h11-13H,2-10H2,1H3;1H. The lowest BCUT2D eigenvalue weighted by Gasteiger charge is -2.28. The van der Waals surface area contributed by atoms with Crippen molar-refractivity contribution in [3.63, 3.8) is 0 Å². The maximum atomic E-state index is 5.43. The second kappa shape index (κ2) is 7.49. The summed E-state index contributed by atoms with van der Waals surface area (Å²) in [5.41, 5.74) is 0. The fourth-order valence-electron chi connectivity index (χ4n) is 2.73. The van der Waals surface area contributed by atoms with E-state index in [0.717, 1.165) is 25.2 Å². The smallest absolute Gasteiger partial charge is 0.0507 e. The molecule has 16 heavy (non-hydrogen) atoms. The van der Waals surface area contributed by atoms with E-state index >= 15 is 0 Å². The SMILES string of the molecule is CN(CC1CCOC1)C1CCCNCC1.Cl. The molecule has 0 amide bonds. The van der Waals surface area contributed by atoms with Crippen LogP contribution in [0.25, 0.3) is 0 Å². The largest absolute Gasteiger partial charge is 0.381 e. The quantitative estimate of drug-likeness (QED) is 0.820. The minimum atomic E-state index is 0. The number of hydrogen-bond donors (Lipinski definition) is 1. The van der Waals surface area contributed by atoms with Crippen LogP contribution in [0.15, 0.2) is 0 Å². The fourth-order valence-corrected chi connectivity index (χ4v) is 2.73. The summed E-state index contributed by atoms with van der Waals surface area (Å²) in [7, 11) is 2.29. The minimum Gasteiger partial charge on any atom is -0.381 e. The molecular formula is C12H25ClN2O. The molecule has 3 nitrogen and oxygen atoms in total. The Labute approximate surface area is 105 Å². The van der Waals surface area contributed by atoms with Crippen molar-refractivity contribution in [2.75, 3.05) is 39.9 Å². The monoisotopic (exact) mass is 248 g/mol. The average Bonchev–Trinajstić information content (AvgIpc) is 2.58. The lowest BCUT2D eigenvalue weighted by molar-refractivity contribution is 0.155. The van der Waals surface area contributed by atoms with Gasteiger partial charge in [0, 0.05) is 19.2 Å². The molecular weight excluding hydrogens is 224 g/mol. The Kier molecular flexibility index (Phi) is 6.66. The highest BCUT2D eigenvalue weighted by atomic mass is 35.5. The van der Waals surface area contributed by atoms with Crippen molar-refractivity contribution in [2.45, 2.75) is 31.7 Å². The third kappa shape index (κ3) is 4.21. The molecule has 2 aliphatic rings. The molecule has 0 bridgehead atoms. The molecule has 0 aliphatic carbocycles. The summed E-state index contributed by atoms with van der Waals surface area (Å²) in [6.45, 7) is 5.58. The van der Waals surface area contributed by atoms with Gasteiger partial charge in [-0.25, -0.2) is 0 Å². The third-order valence-corrected chi connectivity index (χ3v) is 3.74. The molecule has 2 fully saturated rings. The first-order valence-electron chi connectivity index (χ1n) is 6.35. The van der Waals surface area contributed by atoms with Crippen LogP contribution in [-0.2, 0) is 4.74 Å². The summed E-state index contributed by atoms with van der Waals surface area (Å²) in [6, 6.07) is 0.792. The number of nitrogens with zero attached hydrogens (tertiary/aromatic N) is 1. The van der Waals surface area contributed by atoms with Crippen molar-refractivity contribution >= 4 is 12.4 Å². The van der Waals surface area contributed by atoms with Crippen LogP contribution in [0.2, 0.25) is 0 Å². The van der Waals surface area contributed by atoms with Crippen molar-refractivity contribution in [3.05, 3.63) is 0 Å². The van der Waals surface area contributed by atoms with Crippen LogP contribution in [0.1, 0.15) is 25.7 Å². The average molecular weight is 249 g/mol. The highest BCUT2D eigenvalue weighted by molar-refractivity contribution is 5.85. The first kappa shape index (κ1) is 14.2. The zero-order chi connectivity index (χ0) is 10.5. The van der Waals surface area contributed by atoms with E-state index in [1.54, 1.807) is 0 Å². The number of halogens is 1. The van der Waals surface area contributed by atoms with E-state index in [1.165, 1.54) is 45.3 Å². The molecule has 2 saturated heterocycles. The first-order chi connectivity index (χ1) is 7.36. The van der Waals surface area contributed by atoms with E-state index < -0.39 is 0 Å². The van der Waals surface area contributed by atoms with E-state index in [9.17, 15) is 0 Å². The summed E-state index contributed by atoms with van der Waals surface area (Å²) in [5.74, 6) is 0.784. The first-order valence-corrected chi connectivity index (χ1v) is 6.35. The maximum absolute atomic E-state index is 5.43. The van der Waals surface area contributed by atoms with Crippen LogP contribution in [0.5, 0.6) is 0 Å². The van der Waals surface area contributed by atoms with Gasteiger partial charge in [0.25, 0.3) is 0 Å². The zero-order valence-electron chi connectivity index (χ0n) is 10.3. The van der Waals surface area contributed by atoms with E-state index in [4.69, 9.17) is 4.74 Å². The van der Waals surface area contributed by atoms with Gasteiger partial charge >= 0.3 is 0 Å². The predicted molar refractivity (Wildman–Crippen MR) is 69.3 cm³/mol. The van der Waals surface area contributed by atoms with E-state index in [1.807, 2.05) is 0 Å². The summed E-state index contributed by atoms with van der Waals surface area (Å²) < 4.78 is 5.43. The molecule has 0 aromatic heterocycles. The number of nitrogens with one attached hydrogen (secondary N) is 1. The Morgan fingerprint density at radius 2 is 2.12 bits per heavy atom. The van der Waals surface area contributed by atoms with Gasteiger partial charge in [-0.05, 0) is 51.7 Å². The Balaban J connectivity index is 0.00000128. The third-order valence-electron chi connectivity index (χ3n) is 3.74. The number of rotatable bonds is 3. The highest BCUT2D eigenvalue weighted by Crippen LogP contribution is 2.18. The molecule has 0 aromatic rings. The second-order valence-electron chi connectivity index (χ2n) is 5.00. The Hall–Kier alpha value is 0.170. The predicted octanol–water partition coefficient (Wildman–Crippen LogP) is 1.52. The molecule has 2 rings (SSSR count). The molecule has 2 atom stereocenters. The Bertz CT molecular complexity index is 178. The summed E-state index contributed by atoms with van der Waals surface area (Å²) in [5, 5.41) is 3.47. The van der Waals surface area contributed by atoms with Gasteiger partial charge in [-0.1, -0.05) is 0 Å². The second-order valence-corrected chi connectivity index (χ2v) is 5.00. The Morgan fingerprint density at radius 1 is 1.25 bits per heavy atom. The van der Waals surface area contributed by atoms with Crippen molar-refractivity contribution < 1.29 is 4.74 Å². The molecule has 1 N–H and O–H groups in total. The van der Waals surface area contributed by atoms with Crippen molar-refractivity contribution in [2.24, 2.45) is 5.92 Å². The van der Waals surface area contributed by atoms with Crippen LogP contribution in [-0.4, -0.2) is 50.8 Å². The van der Waals surface area contributed by atoms with Crippen molar-refractivity contribution in [1.82, 2.24) is 10.2 Å². The highest BCUT2D eigenvalue weighted by Gasteiger charge is 2.22. The van der Waals surface area contributed by atoms with Gasteiger partial charge in [0.1, 0.15) is 0 Å². The van der Waals surface area contributed by atoms with Gasteiger partial charge < -0.3 is 15.0 Å². The number of hydrogen-bond acceptors (Lipinski definition) is 3. The molecule has 0 spiro atoms. The van der Waals surface area contributed by atoms with Crippen LogP contribution in [0.3, 0.4) is 0 Å². The summed E-state index contributed by atoms with van der Waals surface area (Å²) in [4.78, 5) is 2.56. The van der Waals surface area contributed by atoms with Crippen LogP contribution in [0.4, 0.5) is 0 Å². The fraction of sp³-hybridized carbons (Fsp3) is 1.00. The summed E-state index contributed by atoms with van der Waals surface area (Å²) in [6.07, 6.45) is 5.26. The molecule has 0 radical (unpaired) electrons. The lowest BCUT2D eigenvalue weighted by atomic mass is 10.0. The van der Waals surface area contributed by atoms with Gasteiger partial charge in [-0.2, -0.15) is 0 Å². The molecule has 4 heteroatoms. The molecule has 2 aliphatic heterocycles. The van der Waals surface area contributed by atoms with Gasteiger partial charge in [0.2, 0.25) is 0 Å². The minimum absolute atomic E-state index is 0. The maximum Gasteiger partial charge on any atom is 0.0507 e. The molecule has 96 valence electrons. The van der Waals surface area contributed by atoms with E-state index in [0.29, 0.717) is 0 Å². The van der Waals surface area contributed by atoms with E-state index in [2.05, 4.69) is 17.3 Å².